The van der Waals surface area contributed by atoms with Crippen LogP contribution in [-0.4, -0.2) is 59.4 Å². The van der Waals surface area contributed by atoms with Gasteiger partial charge in [-0.3, -0.25) is 14.4 Å². The minimum absolute atomic E-state index is 0.00134. The van der Waals surface area contributed by atoms with Gasteiger partial charge in [-0.05, 0) is 36.7 Å². The van der Waals surface area contributed by atoms with E-state index >= 15 is 0 Å². The van der Waals surface area contributed by atoms with Crippen molar-refractivity contribution in [2.45, 2.75) is 52.6 Å². The van der Waals surface area contributed by atoms with Crippen LogP contribution in [0.4, 0.5) is 0 Å². The molecule has 1 saturated carbocycles. The van der Waals surface area contributed by atoms with Gasteiger partial charge in [-0.1, -0.05) is 39.0 Å². The second-order valence-corrected chi connectivity index (χ2v) is 10.1. The zero-order valence-electron chi connectivity index (χ0n) is 19.2. The highest BCUT2D eigenvalue weighted by molar-refractivity contribution is 6.45. The Morgan fingerprint density at radius 3 is 2.56 bits per heavy atom. The molecule has 172 valence electrons. The van der Waals surface area contributed by atoms with Crippen LogP contribution in [0.2, 0.25) is 0 Å². The fourth-order valence-corrected chi connectivity index (χ4v) is 5.45. The van der Waals surface area contributed by atoms with Crippen molar-refractivity contribution < 1.29 is 19.1 Å². The number of carbonyl (C=O) groups excluding carboxylic acids is 3. The normalized spacial score (nSPS) is 23.2. The lowest BCUT2D eigenvalue weighted by atomic mass is 9.70. The first-order chi connectivity index (χ1) is 15.2. The Bertz CT molecular complexity index is 1020. The van der Waals surface area contributed by atoms with Crippen LogP contribution in [0, 0.1) is 11.3 Å². The molecule has 7 heteroatoms. The summed E-state index contributed by atoms with van der Waals surface area (Å²) in [6.45, 7) is 8.97. The molecule has 2 atom stereocenters. The van der Waals surface area contributed by atoms with Gasteiger partial charge in [0.2, 0.25) is 5.91 Å². The number of morpholine rings is 1. The van der Waals surface area contributed by atoms with Gasteiger partial charge >= 0.3 is 0 Å². The molecule has 2 aliphatic rings. The monoisotopic (exact) mass is 439 g/mol. The Labute approximate surface area is 189 Å². The summed E-state index contributed by atoms with van der Waals surface area (Å²) in [5.41, 5.74) is 1.27. The Kier molecular flexibility index (Phi) is 6.38. The number of hydrogen-bond donors (Lipinski definition) is 1. The summed E-state index contributed by atoms with van der Waals surface area (Å²) >= 11 is 0. The van der Waals surface area contributed by atoms with E-state index in [2.05, 4.69) is 26.1 Å². The highest BCUT2D eigenvalue weighted by Crippen LogP contribution is 2.38. The molecule has 0 spiro atoms. The second-order valence-electron chi connectivity index (χ2n) is 10.1. The van der Waals surface area contributed by atoms with Crippen molar-refractivity contribution in [1.29, 1.82) is 0 Å². The predicted molar refractivity (Wildman–Crippen MR) is 122 cm³/mol. The summed E-state index contributed by atoms with van der Waals surface area (Å²) < 4.78 is 7.10. The van der Waals surface area contributed by atoms with Crippen molar-refractivity contribution in [1.82, 2.24) is 14.8 Å². The van der Waals surface area contributed by atoms with E-state index in [1.807, 2.05) is 24.3 Å². The molecular weight excluding hydrogens is 406 g/mol. The van der Waals surface area contributed by atoms with E-state index in [4.69, 9.17) is 4.74 Å². The lowest BCUT2D eigenvalue weighted by Gasteiger charge is -2.39. The zero-order valence-corrected chi connectivity index (χ0v) is 19.2. The number of ether oxygens (including phenoxy) is 1. The first-order valence-corrected chi connectivity index (χ1v) is 11.5. The van der Waals surface area contributed by atoms with E-state index in [-0.39, 0.29) is 23.9 Å². The Hall–Kier alpha value is -2.67. The average Bonchev–Trinajstić information content (AvgIpc) is 3.10. The van der Waals surface area contributed by atoms with Crippen molar-refractivity contribution in [3.05, 3.63) is 36.0 Å². The Balaban J connectivity index is 1.52. The van der Waals surface area contributed by atoms with Crippen LogP contribution in [0.5, 0.6) is 0 Å². The van der Waals surface area contributed by atoms with Crippen LogP contribution in [0.15, 0.2) is 30.5 Å². The number of ketones is 1. The number of hydrogen-bond acceptors (Lipinski definition) is 4. The Morgan fingerprint density at radius 1 is 1.12 bits per heavy atom. The number of benzene rings is 1. The van der Waals surface area contributed by atoms with Crippen LogP contribution in [0.1, 0.15) is 50.4 Å². The van der Waals surface area contributed by atoms with Gasteiger partial charge in [0.1, 0.15) is 6.54 Å². The molecule has 1 aliphatic carbocycles. The molecule has 1 N–H and O–H groups in total. The van der Waals surface area contributed by atoms with E-state index in [1.165, 1.54) is 0 Å². The maximum atomic E-state index is 13.1. The van der Waals surface area contributed by atoms with Crippen LogP contribution in [0.3, 0.4) is 0 Å². The van der Waals surface area contributed by atoms with Gasteiger partial charge in [-0.15, -0.1) is 0 Å². The van der Waals surface area contributed by atoms with Crippen molar-refractivity contribution in [2.75, 3.05) is 26.3 Å². The molecule has 1 aromatic carbocycles. The van der Waals surface area contributed by atoms with Gasteiger partial charge in [0.15, 0.2) is 0 Å². The summed E-state index contributed by atoms with van der Waals surface area (Å²) in [6, 6.07) is 7.43. The van der Waals surface area contributed by atoms with Crippen LogP contribution < -0.4 is 5.32 Å². The van der Waals surface area contributed by atoms with E-state index in [0.717, 1.165) is 24.8 Å². The quantitative estimate of drug-likeness (QED) is 0.574. The molecule has 2 amide bonds. The summed E-state index contributed by atoms with van der Waals surface area (Å²) in [4.78, 5) is 40.6. The molecule has 2 fully saturated rings. The maximum absolute atomic E-state index is 13.1. The number of fused-ring (bicyclic) bond motifs is 1. The number of nitrogens with zero attached hydrogens (tertiary/aromatic N) is 2. The van der Waals surface area contributed by atoms with Crippen molar-refractivity contribution in [3.63, 3.8) is 0 Å². The fourth-order valence-electron chi connectivity index (χ4n) is 5.45. The predicted octanol–water partition coefficient (Wildman–Crippen LogP) is 3.01. The number of rotatable bonds is 5. The summed E-state index contributed by atoms with van der Waals surface area (Å²) in [6.07, 6.45) is 4.53. The topological polar surface area (TPSA) is 80.6 Å². The number of aromatic nitrogens is 1. The number of Topliss-reactive ketones (excluding diaryl/α,β-unsaturated/α-hetero) is 1. The number of nitrogens with one attached hydrogen (secondary N) is 1. The van der Waals surface area contributed by atoms with Gasteiger partial charge in [-0.25, -0.2) is 0 Å². The zero-order chi connectivity index (χ0) is 22.9. The van der Waals surface area contributed by atoms with Gasteiger partial charge in [0.05, 0.1) is 18.8 Å². The minimum Gasteiger partial charge on any atom is -0.378 e. The van der Waals surface area contributed by atoms with Crippen LogP contribution in [-0.2, 0) is 20.9 Å². The van der Waals surface area contributed by atoms with Crippen molar-refractivity contribution >= 4 is 28.5 Å². The Morgan fingerprint density at radius 2 is 1.84 bits per heavy atom. The van der Waals surface area contributed by atoms with Crippen LogP contribution in [0.25, 0.3) is 10.9 Å². The smallest absolute Gasteiger partial charge is 0.292 e. The molecule has 4 rings (SSSR count). The van der Waals surface area contributed by atoms with E-state index < -0.39 is 11.7 Å². The maximum Gasteiger partial charge on any atom is 0.292 e. The molecular formula is C25H33N3O4. The standard InChI is InChI=1S/C25H33N3O4/c1-17-12-18(14-25(2,3)13-17)26-24(31)23(30)20-15-28(21-7-5-4-6-19(20)21)16-22(29)27-8-10-32-11-9-27/h4-7,15,17-18H,8-14,16H2,1-3H3,(H,26,31)/t17-,18-/m1/s1. The molecule has 1 saturated heterocycles. The summed E-state index contributed by atoms with van der Waals surface area (Å²) in [5.74, 6) is -0.625. The van der Waals surface area contributed by atoms with Crippen molar-refractivity contribution in [2.24, 2.45) is 11.3 Å². The fraction of sp³-hybridized carbons (Fsp3) is 0.560. The second kappa shape index (κ2) is 9.06. The molecule has 0 bridgehead atoms. The third kappa shape index (κ3) is 4.88. The molecule has 32 heavy (non-hydrogen) atoms. The first-order valence-electron chi connectivity index (χ1n) is 11.5. The number of para-hydroxylation sites is 1. The number of amides is 2. The highest BCUT2D eigenvalue weighted by Gasteiger charge is 2.34. The molecule has 1 aromatic heterocycles. The molecule has 7 nitrogen and oxygen atoms in total. The van der Waals surface area contributed by atoms with Gasteiger partial charge in [0.25, 0.3) is 11.7 Å². The third-order valence-corrected chi connectivity index (χ3v) is 6.63. The summed E-state index contributed by atoms with van der Waals surface area (Å²) in [7, 11) is 0. The average molecular weight is 440 g/mol. The van der Waals surface area contributed by atoms with Crippen LogP contribution >= 0.6 is 0 Å². The SMILES string of the molecule is C[C@@H]1C[C@@H](NC(=O)C(=O)c2cn(CC(=O)N3CCOCC3)c3ccccc23)CC(C)(C)C1. The molecule has 0 unspecified atom stereocenters. The minimum atomic E-state index is -0.567. The van der Waals surface area contributed by atoms with Gasteiger partial charge < -0.3 is 19.5 Å². The molecule has 2 heterocycles. The largest absolute Gasteiger partial charge is 0.378 e. The van der Waals surface area contributed by atoms with Gasteiger partial charge in [-0.2, -0.15) is 0 Å². The van der Waals surface area contributed by atoms with Crippen molar-refractivity contribution in [3.8, 4) is 0 Å². The lowest BCUT2D eigenvalue weighted by molar-refractivity contribution is -0.135. The summed E-state index contributed by atoms with van der Waals surface area (Å²) in [5, 5.41) is 3.68. The molecule has 1 aliphatic heterocycles. The molecule has 2 aromatic rings. The number of carbonyl (C=O) groups is 3. The van der Waals surface area contributed by atoms with Gasteiger partial charge in [0, 0.05) is 36.2 Å². The molecule has 0 radical (unpaired) electrons. The third-order valence-electron chi connectivity index (χ3n) is 6.63. The highest BCUT2D eigenvalue weighted by atomic mass is 16.5. The van der Waals surface area contributed by atoms with E-state index in [1.54, 1.807) is 15.7 Å². The first kappa shape index (κ1) is 22.5. The van der Waals surface area contributed by atoms with E-state index in [9.17, 15) is 14.4 Å². The van der Waals surface area contributed by atoms with E-state index in [0.29, 0.717) is 43.2 Å². The lowest BCUT2D eigenvalue weighted by Crippen LogP contribution is -2.45.